The highest BCUT2D eigenvalue weighted by molar-refractivity contribution is 5.81. The molecule has 4 rings (SSSR count). The molecular formula is C21H23N3. The monoisotopic (exact) mass is 317 g/mol. The first-order valence-corrected chi connectivity index (χ1v) is 8.75. The Morgan fingerprint density at radius 1 is 0.792 bits per heavy atom. The lowest BCUT2D eigenvalue weighted by Crippen LogP contribution is -2.47. The van der Waals surface area contributed by atoms with Crippen LogP contribution < -0.4 is 4.90 Å². The van der Waals surface area contributed by atoms with Crippen LogP contribution in [0.2, 0.25) is 0 Å². The molecule has 3 heteroatoms. The SMILES string of the molecule is c1ccc(N2CCN(CCc3ccnc4ccccc34)CC2)cc1. The molecule has 0 aliphatic carbocycles. The third-order valence-corrected chi connectivity index (χ3v) is 4.93. The summed E-state index contributed by atoms with van der Waals surface area (Å²) in [5.74, 6) is 0. The summed E-state index contributed by atoms with van der Waals surface area (Å²) in [7, 11) is 0. The number of anilines is 1. The van der Waals surface area contributed by atoms with E-state index in [1.54, 1.807) is 0 Å². The van der Waals surface area contributed by atoms with Crippen LogP contribution in [0.3, 0.4) is 0 Å². The smallest absolute Gasteiger partial charge is 0.0704 e. The van der Waals surface area contributed by atoms with Gasteiger partial charge in [-0.15, -0.1) is 0 Å². The van der Waals surface area contributed by atoms with Crippen molar-refractivity contribution in [2.75, 3.05) is 37.6 Å². The molecule has 0 amide bonds. The van der Waals surface area contributed by atoms with E-state index in [-0.39, 0.29) is 0 Å². The predicted octanol–water partition coefficient (Wildman–Crippen LogP) is 3.60. The Balaban J connectivity index is 1.36. The highest BCUT2D eigenvalue weighted by Gasteiger charge is 2.17. The summed E-state index contributed by atoms with van der Waals surface area (Å²) in [6.07, 6.45) is 3.03. The summed E-state index contributed by atoms with van der Waals surface area (Å²) < 4.78 is 0. The fourth-order valence-electron chi connectivity index (χ4n) is 3.52. The Morgan fingerprint density at radius 3 is 2.38 bits per heavy atom. The van der Waals surface area contributed by atoms with E-state index in [9.17, 15) is 0 Å². The molecule has 1 aromatic heterocycles. The number of benzene rings is 2. The van der Waals surface area contributed by atoms with Crippen molar-refractivity contribution in [1.29, 1.82) is 0 Å². The Hall–Kier alpha value is -2.39. The Labute approximate surface area is 143 Å². The van der Waals surface area contributed by atoms with E-state index in [1.165, 1.54) is 16.6 Å². The number of hydrogen-bond donors (Lipinski definition) is 0. The number of para-hydroxylation sites is 2. The number of aromatic nitrogens is 1. The lowest BCUT2D eigenvalue weighted by molar-refractivity contribution is 0.261. The van der Waals surface area contributed by atoms with E-state index < -0.39 is 0 Å². The van der Waals surface area contributed by atoms with Crippen molar-refractivity contribution in [3.05, 3.63) is 72.4 Å². The minimum atomic E-state index is 1.09. The van der Waals surface area contributed by atoms with Crippen LogP contribution in [0.25, 0.3) is 10.9 Å². The van der Waals surface area contributed by atoms with Gasteiger partial charge < -0.3 is 4.90 Å². The maximum atomic E-state index is 4.46. The van der Waals surface area contributed by atoms with Crippen LogP contribution >= 0.6 is 0 Å². The van der Waals surface area contributed by atoms with Crippen molar-refractivity contribution in [2.24, 2.45) is 0 Å². The molecule has 3 nitrogen and oxygen atoms in total. The first kappa shape index (κ1) is 15.2. The van der Waals surface area contributed by atoms with Crippen LogP contribution in [0.4, 0.5) is 5.69 Å². The summed E-state index contributed by atoms with van der Waals surface area (Å²) >= 11 is 0. The van der Waals surface area contributed by atoms with Gasteiger partial charge in [0.15, 0.2) is 0 Å². The molecule has 122 valence electrons. The van der Waals surface area contributed by atoms with Crippen LogP contribution in [-0.2, 0) is 6.42 Å². The summed E-state index contributed by atoms with van der Waals surface area (Å²) in [6, 6.07) is 21.3. The third-order valence-electron chi connectivity index (χ3n) is 4.93. The highest BCUT2D eigenvalue weighted by Crippen LogP contribution is 2.18. The fourth-order valence-corrected chi connectivity index (χ4v) is 3.52. The van der Waals surface area contributed by atoms with Crippen molar-refractivity contribution >= 4 is 16.6 Å². The van der Waals surface area contributed by atoms with Gasteiger partial charge in [-0.05, 0) is 36.2 Å². The van der Waals surface area contributed by atoms with Gasteiger partial charge in [-0.2, -0.15) is 0 Å². The number of hydrogen-bond acceptors (Lipinski definition) is 3. The van der Waals surface area contributed by atoms with Crippen LogP contribution in [0, 0.1) is 0 Å². The quantitative estimate of drug-likeness (QED) is 0.733. The first-order chi connectivity index (χ1) is 11.9. The number of rotatable bonds is 4. The normalized spacial score (nSPS) is 15.8. The molecule has 0 unspecified atom stereocenters. The molecule has 0 radical (unpaired) electrons. The molecule has 0 bridgehead atoms. The number of piperazine rings is 1. The van der Waals surface area contributed by atoms with E-state index in [4.69, 9.17) is 0 Å². The van der Waals surface area contributed by atoms with Gasteiger partial charge >= 0.3 is 0 Å². The van der Waals surface area contributed by atoms with Gasteiger partial charge in [0, 0.05) is 50.0 Å². The van der Waals surface area contributed by atoms with E-state index in [2.05, 4.69) is 75.4 Å². The second kappa shape index (κ2) is 7.02. The second-order valence-corrected chi connectivity index (χ2v) is 6.40. The molecule has 2 heterocycles. The molecule has 0 N–H and O–H groups in total. The Kier molecular flexibility index (Phi) is 4.43. The Bertz CT molecular complexity index is 787. The summed E-state index contributed by atoms with van der Waals surface area (Å²) in [6.45, 7) is 5.62. The van der Waals surface area contributed by atoms with E-state index in [0.717, 1.165) is 44.7 Å². The summed E-state index contributed by atoms with van der Waals surface area (Å²) in [4.78, 5) is 9.52. The Morgan fingerprint density at radius 2 is 1.54 bits per heavy atom. The molecule has 1 fully saturated rings. The van der Waals surface area contributed by atoms with Crippen LogP contribution in [-0.4, -0.2) is 42.6 Å². The highest BCUT2D eigenvalue weighted by atomic mass is 15.3. The van der Waals surface area contributed by atoms with Gasteiger partial charge in [0.2, 0.25) is 0 Å². The zero-order chi connectivity index (χ0) is 16.2. The zero-order valence-electron chi connectivity index (χ0n) is 13.9. The standard InChI is InChI=1S/C21H23N3/c1-2-6-19(7-3-1)24-16-14-23(15-17-24)13-11-18-10-12-22-21-9-5-4-8-20(18)21/h1-10,12H,11,13-17H2. The average molecular weight is 317 g/mol. The van der Waals surface area contributed by atoms with Gasteiger partial charge in [-0.3, -0.25) is 9.88 Å². The summed E-state index contributed by atoms with van der Waals surface area (Å²) in [5.41, 5.74) is 3.85. The van der Waals surface area contributed by atoms with E-state index >= 15 is 0 Å². The van der Waals surface area contributed by atoms with Gasteiger partial charge in [0.1, 0.15) is 0 Å². The lowest BCUT2D eigenvalue weighted by atomic mass is 10.1. The molecule has 1 aliphatic heterocycles. The minimum absolute atomic E-state index is 1.09. The number of nitrogens with zero attached hydrogens (tertiary/aromatic N) is 3. The largest absolute Gasteiger partial charge is 0.369 e. The van der Waals surface area contributed by atoms with Crippen molar-refractivity contribution < 1.29 is 0 Å². The summed E-state index contributed by atoms with van der Waals surface area (Å²) in [5, 5.41) is 1.29. The molecule has 0 spiro atoms. The van der Waals surface area contributed by atoms with Gasteiger partial charge in [-0.25, -0.2) is 0 Å². The molecule has 2 aromatic carbocycles. The third kappa shape index (κ3) is 3.26. The maximum absolute atomic E-state index is 4.46. The number of pyridine rings is 1. The molecule has 0 saturated carbocycles. The van der Waals surface area contributed by atoms with Crippen molar-refractivity contribution in [3.8, 4) is 0 Å². The van der Waals surface area contributed by atoms with E-state index in [1.807, 2.05) is 6.20 Å². The van der Waals surface area contributed by atoms with Gasteiger partial charge in [0.05, 0.1) is 5.52 Å². The average Bonchev–Trinajstić information content (AvgIpc) is 2.67. The number of fused-ring (bicyclic) bond motifs is 1. The minimum Gasteiger partial charge on any atom is -0.369 e. The second-order valence-electron chi connectivity index (χ2n) is 6.40. The van der Waals surface area contributed by atoms with Crippen LogP contribution in [0.15, 0.2) is 66.9 Å². The van der Waals surface area contributed by atoms with Crippen LogP contribution in [0.5, 0.6) is 0 Å². The molecule has 3 aromatic rings. The predicted molar refractivity (Wildman–Crippen MR) is 101 cm³/mol. The van der Waals surface area contributed by atoms with E-state index in [0.29, 0.717) is 0 Å². The molecule has 1 saturated heterocycles. The zero-order valence-corrected chi connectivity index (χ0v) is 13.9. The lowest BCUT2D eigenvalue weighted by Gasteiger charge is -2.36. The molecule has 24 heavy (non-hydrogen) atoms. The first-order valence-electron chi connectivity index (χ1n) is 8.75. The molecular weight excluding hydrogens is 294 g/mol. The van der Waals surface area contributed by atoms with Crippen LogP contribution in [0.1, 0.15) is 5.56 Å². The topological polar surface area (TPSA) is 19.4 Å². The van der Waals surface area contributed by atoms with Gasteiger partial charge in [-0.1, -0.05) is 36.4 Å². The van der Waals surface area contributed by atoms with Crippen molar-refractivity contribution in [2.45, 2.75) is 6.42 Å². The van der Waals surface area contributed by atoms with Crippen molar-refractivity contribution in [1.82, 2.24) is 9.88 Å². The fraction of sp³-hybridized carbons (Fsp3) is 0.286. The molecule has 1 aliphatic rings. The molecule has 0 atom stereocenters. The van der Waals surface area contributed by atoms with Crippen molar-refractivity contribution in [3.63, 3.8) is 0 Å². The van der Waals surface area contributed by atoms with Gasteiger partial charge in [0.25, 0.3) is 0 Å². The maximum Gasteiger partial charge on any atom is 0.0704 e.